The maximum absolute atomic E-state index is 12.4. The molecule has 1 amide bonds. The Morgan fingerprint density at radius 1 is 1.33 bits per heavy atom. The predicted octanol–water partition coefficient (Wildman–Crippen LogP) is 3.83. The number of halogens is 1. The Labute approximate surface area is 149 Å². The van der Waals surface area contributed by atoms with Gasteiger partial charge in [-0.1, -0.05) is 31.9 Å². The molecule has 0 saturated heterocycles. The zero-order valence-electron chi connectivity index (χ0n) is 14.1. The van der Waals surface area contributed by atoms with Gasteiger partial charge in [0.05, 0.1) is 25.3 Å². The van der Waals surface area contributed by atoms with Crippen LogP contribution in [-0.2, 0) is 6.54 Å². The number of nitrogens with two attached hydrogens (primary N) is 1. The number of hydrogen-bond donors (Lipinski definition) is 2. The maximum atomic E-state index is 12.4. The van der Waals surface area contributed by atoms with Gasteiger partial charge in [-0.15, -0.1) is 12.4 Å². The van der Waals surface area contributed by atoms with Crippen molar-refractivity contribution in [3.63, 3.8) is 0 Å². The normalized spacial score (nSPS) is 11.5. The van der Waals surface area contributed by atoms with Crippen LogP contribution in [-0.4, -0.2) is 13.0 Å². The van der Waals surface area contributed by atoms with Crippen LogP contribution in [0.5, 0.6) is 5.75 Å². The van der Waals surface area contributed by atoms with Crippen molar-refractivity contribution in [2.75, 3.05) is 7.11 Å². The summed E-state index contributed by atoms with van der Waals surface area (Å²) in [6.07, 6.45) is 4.45. The van der Waals surface area contributed by atoms with Crippen molar-refractivity contribution in [3.8, 4) is 5.75 Å². The standard InChI is InChI=1S/C18H24N2O3.ClH/c1-3-4-5-17(13-6-8-15(22-2)9-7-13)20-18(21)14-10-16(11-19)23-12-14;/h6-10,12,17H,3-5,11,19H2,1-2H3,(H,20,21);1H. The lowest BCUT2D eigenvalue weighted by Gasteiger charge is -2.19. The summed E-state index contributed by atoms with van der Waals surface area (Å²) >= 11 is 0. The lowest BCUT2D eigenvalue weighted by molar-refractivity contribution is 0.0933. The second-order valence-electron chi connectivity index (χ2n) is 5.45. The Kier molecular flexibility index (Phi) is 8.36. The van der Waals surface area contributed by atoms with E-state index in [2.05, 4.69) is 12.2 Å². The molecule has 1 heterocycles. The number of carbonyl (C=O) groups is 1. The molecule has 1 unspecified atom stereocenters. The van der Waals surface area contributed by atoms with Crippen molar-refractivity contribution in [2.24, 2.45) is 5.73 Å². The van der Waals surface area contributed by atoms with E-state index in [9.17, 15) is 4.79 Å². The second kappa shape index (κ2) is 10.0. The Balaban J connectivity index is 0.00000288. The molecule has 0 aliphatic rings. The minimum atomic E-state index is -0.148. The molecule has 0 aliphatic carbocycles. The number of benzene rings is 1. The van der Waals surface area contributed by atoms with Crippen LogP contribution in [0, 0.1) is 0 Å². The highest BCUT2D eigenvalue weighted by Crippen LogP contribution is 2.23. The molecule has 2 rings (SSSR count). The van der Waals surface area contributed by atoms with Crippen LogP contribution in [0.4, 0.5) is 0 Å². The minimum absolute atomic E-state index is 0. The molecular formula is C18H25ClN2O3. The molecule has 0 saturated carbocycles. The highest BCUT2D eigenvalue weighted by molar-refractivity contribution is 5.94. The van der Waals surface area contributed by atoms with Gasteiger partial charge in [-0.2, -0.15) is 0 Å². The molecule has 132 valence electrons. The van der Waals surface area contributed by atoms with E-state index in [4.69, 9.17) is 14.9 Å². The zero-order valence-corrected chi connectivity index (χ0v) is 14.9. The number of amides is 1. The maximum Gasteiger partial charge on any atom is 0.255 e. The lowest BCUT2D eigenvalue weighted by Crippen LogP contribution is -2.28. The van der Waals surface area contributed by atoms with Crippen molar-refractivity contribution in [1.82, 2.24) is 5.32 Å². The number of carbonyl (C=O) groups excluding carboxylic acids is 1. The molecule has 0 fully saturated rings. The van der Waals surface area contributed by atoms with E-state index in [0.717, 1.165) is 30.6 Å². The SMILES string of the molecule is CCCCC(NC(=O)c1coc(CN)c1)c1ccc(OC)cc1.Cl. The van der Waals surface area contributed by atoms with E-state index >= 15 is 0 Å². The minimum Gasteiger partial charge on any atom is -0.497 e. The van der Waals surface area contributed by atoms with Crippen LogP contribution in [0.15, 0.2) is 41.0 Å². The Morgan fingerprint density at radius 2 is 2.04 bits per heavy atom. The molecule has 0 bridgehead atoms. The van der Waals surface area contributed by atoms with E-state index in [1.165, 1.54) is 6.26 Å². The molecule has 1 atom stereocenters. The van der Waals surface area contributed by atoms with Crippen molar-refractivity contribution < 1.29 is 13.9 Å². The molecule has 0 aliphatic heterocycles. The summed E-state index contributed by atoms with van der Waals surface area (Å²) in [5.74, 6) is 1.26. The van der Waals surface area contributed by atoms with E-state index in [1.54, 1.807) is 13.2 Å². The van der Waals surface area contributed by atoms with Crippen LogP contribution in [0.3, 0.4) is 0 Å². The van der Waals surface area contributed by atoms with Gasteiger partial charge in [0.25, 0.3) is 5.91 Å². The number of hydrogen-bond acceptors (Lipinski definition) is 4. The van der Waals surface area contributed by atoms with Crippen molar-refractivity contribution >= 4 is 18.3 Å². The van der Waals surface area contributed by atoms with E-state index in [-0.39, 0.29) is 30.9 Å². The zero-order chi connectivity index (χ0) is 16.7. The van der Waals surface area contributed by atoms with E-state index < -0.39 is 0 Å². The van der Waals surface area contributed by atoms with Crippen molar-refractivity contribution in [2.45, 2.75) is 38.8 Å². The van der Waals surface area contributed by atoms with Gasteiger partial charge in [0, 0.05) is 0 Å². The molecule has 1 aromatic heterocycles. The smallest absolute Gasteiger partial charge is 0.255 e. The molecule has 3 N–H and O–H groups in total. The number of ether oxygens (including phenoxy) is 1. The first kappa shape index (κ1) is 20.1. The van der Waals surface area contributed by atoms with Crippen LogP contribution >= 0.6 is 12.4 Å². The highest BCUT2D eigenvalue weighted by Gasteiger charge is 2.17. The summed E-state index contributed by atoms with van der Waals surface area (Å²) in [6, 6.07) is 9.43. The lowest BCUT2D eigenvalue weighted by atomic mass is 10.0. The monoisotopic (exact) mass is 352 g/mol. The van der Waals surface area contributed by atoms with E-state index in [1.807, 2.05) is 24.3 Å². The van der Waals surface area contributed by atoms with Crippen LogP contribution in [0.2, 0.25) is 0 Å². The largest absolute Gasteiger partial charge is 0.497 e. The quantitative estimate of drug-likeness (QED) is 0.756. The molecule has 1 aromatic carbocycles. The third kappa shape index (κ3) is 5.28. The van der Waals surface area contributed by atoms with E-state index in [0.29, 0.717) is 11.3 Å². The van der Waals surface area contributed by atoms with Crippen LogP contribution in [0.1, 0.15) is 53.9 Å². The van der Waals surface area contributed by atoms with Gasteiger partial charge >= 0.3 is 0 Å². The highest BCUT2D eigenvalue weighted by atomic mass is 35.5. The summed E-state index contributed by atoms with van der Waals surface area (Å²) < 4.78 is 10.4. The predicted molar refractivity (Wildman–Crippen MR) is 96.6 cm³/mol. The first-order chi connectivity index (χ1) is 11.2. The Morgan fingerprint density at radius 3 is 2.58 bits per heavy atom. The summed E-state index contributed by atoms with van der Waals surface area (Å²) in [5.41, 5.74) is 7.08. The van der Waals surface area contributed by atoms with Gasteiger partial charge < -0.3 is 20.2 Å². The second-order valence-corrected chi connectivity index (χ2v) is 5.45. The van der Waals surface area contributed by atoms with Gasteiger partial charge in [-0.05, 0) is 30.2 Å². The average Bonchev–Trinajstić information content (AvgIpc) is 3.08. The van der Waals surface area contributed by atoms with Crippen molar-refractivity contribution in [1.29, 1.82) is 0 Å². The molecule has 0 spiro atoms. The summed E-state index contributed by atoms with van der Waals surface area (Å²) in [4.78, 5) is 12.4. The first-order valence-corrected chi connectivity index (χ1v) is 7.90. The Bertz CT molecular complexity index is 625. The van der Waals surface area contributed by atoms with Crippen molar-refractivity contribution in [3.05, 3.63) is 53.5 Å². The number of furan rings is 1. The molecule has 5 nitrogen and oxygen atoms in total. The third-order valence-corrected chi connectivity index (χ3v) is 3.79. The van der Waals surface area contributed by atoms with Gasteiger partial charge in [-0.3, -0.25) is 4.79 Å². The van der Waals surface area contributed by atoms with Crippen LogP contribution < -0.4 is 15.8 Å². The third-order valence-electron chi connectivity index (χ3n) is 3.79. The number of nitrogens with one attached hydrogen (secondary N) is 1. The molecular weight excluding hydrogens is 328 g/mol. The van der Waals surface area contributed by atoms with Gasteiger partial charge in [0.2, 0.25) is 0 Å². The Hall–Kier alpha value is -1.98. The average molecular weight is 353 g/mol. The molecule has 0 radical (unpaired) electrons. The molecule has 2 aromatic rings. The number of unbranched alkanes of at least 4 members (excludes halogenated alkanes) is 1. The van der Waals surface area contributed by atoms with Gasteiger partial charge in [0.1, 0.15) is 17.8 Å². The molecule has 6 heteroatoms. The summed E-state index contributed by atoms with van der Waals surface area (Å²) in [6.45, 7) is 2.42. The summed E-state index contributed by atoms with van der Waals surface area (Å²) in [5, 5.41) is 3.08. The van der Waals surface area contributed by atoms with Gasteiger partial charge in [-0.25, -0.2) is 0 Å². The topological polar surface area (TPSA) is 77.5 Å². The van der Waals surface area contributed by atoms with Gasteiger partial charge in [0.15, 0.2) is 0 Å². The first-order valence-electron chi connectivity index (χ1n) is 7.90. The van der Waals surface area contributed by atoms with Crippen LogP contribution in [0.25, 0.3) is 0 Å². The molecule has 24 heavy (non-hydrogen) atoms. The fourth-order valence-corrected chi connectivity index (χ4v) is 2.41. The number of rotatable bonds is 8. The fourth-order valence-electron chi connectivity index (χ4n) is 2.41. The summed E-state index contributed by atoms with van der Waals surface area (Å²) in [7, 11) is 1.64. The number of methoxy groups -OCH3 is 1. The fraction of sp³-hybridized carbons (Fsp3) is 0.389.